The molecule has 1 aromatic rings. The van der Waals surface area contributed by atoms with Crippen LogP contribution >= 0.6 is 0 Å². The Kier molecular flexibility index (Phi) is 5.49. The van der Waals surface area contributed by atoms with Gasteiger partial charge in [0.05, 0.1) is 23.8 Å². The first-order valence-electron chi connectivity index (χ1n) is 9.60. The summed E-state index contributed by atoms with van der Waals surface area (Å²) < 4.78 is 2.07. The number of nitrogens with zero attached hydrogens (tertiary/aromatic N) is 4. The normalized spacial score (nSPS) is 22.5. The molecule has 2 aliphatic rings. The van der Waals surface area contributed by atoms with Crippen LogP contribution in [-0.4, -0.2) is 69.4 Å². The molecule has 2 saturated heterocycles. The van der Waals surface area contributed by atoms with Crippen LogP contribution in [0.15, 0.2) is 12.3 Å². The van der Waals surface area contributed by atoms with Crippen molar-refractivity contribution in [2.45, 2.75) is 63.5 Å². The molecule has 0 aromatic carbocycles. The fourth-order valence-corrected chi connectivity index (χ4v) is 3.85. The van der Waals surface area contributed by atoms with Gasteiger partial charge < -0.3 is 14.9 Å². The van der Waals surface area contributed by atoms with Gasteiger partial charge in [0.25, 0.3) is 0 Å². The molecule has 1 amide bonds. The molecule has 25 heavy (non-hydrogen) atoms. The predicted molar refractivity (Wildman–Crippen MR) is 97.5 cm³/mol. The maximum absolute atomic E-state index is 12.6. The molecule has 0 aliphatic carbocycles. The summed E-state index contributed by atoms with van der Waals surface area (Å²) in [5.74, 6) is 0.548. The number of aliphatic hydroxyl groups is 1. The topological polar surface area (TPSA) is 61.6 Å². The van der Waals surface area contributed by atoms with Gasteiger partial charge in [-0.2, -0.15) is 5.10 Å². The molecule has 2 fully saturated rings. The number of carbonyl (C=O) groups excluding carboxylic acids is 1. The summed E-state index contributed by atoms with van der Waals surface area (Å²) in [6.07, 6.45) is 5.59. The third-order valence-corrected chi connectivity index (χ3v) is 5.81. The number of carbonyl (C=O) groups is 1. The van der Waals surface area contributed by atoms with Gasteiger partial charge in [0.15, 0.2) is 0 Å². The van der Waals surface area contributed by atoms with E-state index in [0.717, 1.165) is 44.7 Å². The molecule has 2 aliphatic heterocycles. The van der Waals surface area contributed by atoms with Crippen molar-refractivity contribution < 1.29 is 9.90 Å². The molecule has 1 N–H and O–H groups in total. The zero-order chi connectivity index (χ0) is 18.0. The zero-order valence-corrected chi connectivity index (χ0v) is 15.8. The Morgan fingerprint density at radius 1 is 1.28 bits per heavy atom. The summed E-state index contributed by atoms with van der Waals surface area (Å²) >= 11 is 0. The van der Waals surface area contributed by atoms with Crippen molar-refractivity contribution in [1.29, 1.82) is 0 Å². The van der Waals surface area contributed by atoms with E-state index in [1.807, 2.05) is 4.90 Å². The number of amides is 1. The summed E-state index contributed by atoms with van der Waals surface area (Å²) in [7, 11) is 2.06. The minimum Gasteiger partial charge on any atom is -0.389 e. The fourth-order valence-electron chi connectivity index (χ4n) is 3.85. The molecule has 0 saturated carbocycles. The first-order chi connectivity index (χ1) is 11.9. The van der Waals surface area contributed by atoms with Crippen molar-refractivity contribution in [1.82, 2.24) is 19.6 Å². The van der Waals surface area contributed by atoms with E-state index in [0.29, 0.717) is 24.8 Å². The number of hydrogen-bond donors (Lipinski definition) is 1. The Balaban J connectivity index is 1.50. The quantitative estimate of drug-likeness (QED) is 0.904. The molecule has 0 bridgehead atoms. The number of aromatic nitrogens is 2. The molecule has 0 unspecified atom stereocenters. The third-order valence-electron chi connectivity index (χ3n) is 5.81. The molecular formula is C19H32N4O2. The van der Waals surface area contributed by atoms with Gasteiger partial charge in [0.2, 0.25) is 5.91 Å². The van der Waals surface area contributed by atoms with Crippen LogP contribution < -0.4 is 0 Å². The summed E-state index contributed by atoms with van der Waals surface area (Å²) in [5, 5.41) is 15.4. The SMILES string of the molecule is CC(C)c1ccn(C2CCN(C(=O)CC3(O)CCN(C)CC3)CC2)n1. The van der Waals surface area contributed by atoms with Gasteiger partial charge in [0, 0.05) is 32.4 Å². The Bertz CT molecular complexity index is 582. The van der Waals surface area contributed by atoms with Crippen molar-refractivity contribution in [3.63, 3.8) is 0 Å². The van der Waals surface area contributed by atoms with Crippen molar-refractivity contribution in [2.24, 2.45) is 0 Å². The van der Waals surface area contributed by atoms with Crippen LogP contribution in [0.3, 0.4) is 0 Å². The standard InChI is InChI=1S/C19H32N4O2/c1-15(2)17-6-11-23(20-17)16-4-9-22(10-5-16)18(24)14-19(25)7-12-21(3)13-8-19/h6,11,15-16,25H,4-5,7-10,12-14H2,1-3H3. The lowest BCUT2D eigenvalue weighted by atomic mass is 9.87. The maximum Gasteiger partial charge on any atom is 0.225 e. The van der Waals surface area contributed by atoms with Gasteiger partial charge in [-0.25, -0.2) is 0 Å². The van der Waals surface area contributed by atoms with Crippen molar-refractivity contribution in [3.8, 4) is 0 Å². The molecule has 1 aromatic heterocycles. The molecule has 3 rings (SSSR count). The number of piperidine rings is 2. The summed E-state index contributed by atoms with van der Waals surface area (Å²) in [6, 6.07) is 2.47. The van der Waals surface area contributed by atoms with Gasteiger partial charge in [-0.15, -0.1) is 0 Å². The smallest absolute Gasteiger partial charge is 0.225 e. The maximum atomic E-state index is 12.6. The first kappa shape index (κ1) is 18.4. The van der Waals surface area contributed by atoms with Gasteiger partial charge >= 0.3 is 0 Å². The van der Waals surface area contributed by atoms with E-state index >= 15 is 0 Å². The van der Waals surface area contributed by atoms with E-state index in [2.05, 4.69) is 47.8 Å². The van der Waals surface area contributed by atoms with Gasteiger partial charge in [-0.05, 0) is 44.7 Å². The largest absolute Gasteiger partial charge is 0.389 e. The molecule has 0 atom stereocenters. The van der Waals surface area contributed by atoms with Crippen molar-refractivity contribution in [3.05, 3.63) is 18.0 Å². The summed E-state index contributed by atoms with van der Waals surface area (Å²) in [4.78, 5) is 16.8. The highest BCUT2D eigenvalue weighted by Gasteiger charge is 2.35. The molecule has 6 heteroatoms. The molecule has 0 spiro atoms. The van der Waals surface area contributed by atoms with Crippen LogP contribution in [0.4, 0.5) is 0 Å². The Hall–Kier alpha value is -1.40. The number of hydrogen-bond acceptors (Lipinski definition) is 4. The highest BCUT2D eigenvalue weighted by Crippen LogP contribution is 2.28. The summed E-state index contributed by atoms with van der Waals surface area (Å²) in [6.45, 7) is 7.56. The van der Waals surface area contributed by atoms with Crippen LogP contribution in [-0.2, 0) is 4.79 Å². The first-order valence-corrected chi connectivity index (χ1v) is 9.60. The van der Waals surface area contributed by atoms with Crippen LogP contribution in [0.1, 0.15) is 63.6 Å². The molecule has 3 heterocycles. The van der Waals surface area contributed by atoms with Gasteiger partial charge in [-0.1, -0.05) is 13.8 Å². The second-order valence-corrected chi connectivity index (χ2v) is 8.19. The lowest BCUT2D eigenvalue weighted by Crippen LogP contribution is -2.48. The Morgan fingerprint density at radius 3 is 2.48 bits per heavy atom. The average molecular weight is 348 g/mol. The van der Waals surface area contributed by atoms with Crippen LogP contribution in [0, 0.1) is 0 Å². The van der Waals surface area contributed by atoms with Gasteiger partial charge in [0.1, 0.15) is 0 Å². The van der Waals surface area contributed by atoms with Crippen molar-refractivity contribution >= 4 is 5.91 Å². The van der Waals surface area contributed by atoms with E-state index in [9.17, 15) is 9.90 Å². The Morgan fingerprint density at radius 2 is 1.92 bits per heavy atom. The molecule has 6 nitrogen and oxygen atoms in total. The molecule has 140 valence electrons. The number of likely N-dealkylation sites (tertiary alicyclic amines) is 2. The van der Waals surface area contributed by atoms with E-state index < -0.39 is 5.60 Å². The Labute approximate surface area is 150 Å². The summed E-state index contributed by atoms with van der Waals surface area (Å²) in [5.41, 5.74) is 0.317. The zero-order valence-electron chi connectivity index (χ0n) is 15.8. The van der Waals surface area contributed by atoms with E-state index in [4.69, 9.17) is 0 Å². The number of rotatable bonds is 4. The third kappa shape index (κ3) is 4.42. The monoisotopic (exact) mass is 348 g/mol. The van der Waals surface area contributed by atoms with Gasteiger partial charge in [-0.3, -0.25) is 9.48 Å². The van der Waals surface area contributed by atoms with E-state index in [1.165, 1.54) is 0 Å². The van der Waals surface area contributed by atoms with E-state index in [1.54, 1.807) is 0 Å². The predicted octanol–water partition coefficient (Wildman–Crippen LogP) is 2.02. The highest BCUT2D eigenvalue weighted by molar-refractivity contribution is 5.77. The fraction of sp³-hybridized carbons (Fsp3) is 0.789. The second-order valence-electron chi connectivity index (χ2n) is 8.19. The minimum atomic E-state index is -0.811. The van der Waals surface area contributed by atoms with Crippen LogP contribution in [0.25, 0.3) is 0 Å². The lowest BCUT2D eigenvalue weighted by Gasteiger charge is -2.38. The molecular weight excluding hydrogens is 316 g/mol. The molecule has 0 radical (unpaired) electrons. The van der Waals surface area contributed by atoms with Crippen LogP contribution in [0.5, 0.6) is 0 Å². The van der Waals surface area contributed by atoms with Crippen LogP contribution in [0.2, 0.25) is 0 Å². The average Bonchev–Trinajstić information content (AvgIpc) is 3.08. The second kappa shape index (κ2) is 7.46. The minimum absolute atomic E-state index is 0.105. The lowest BCUT2D eigenvalue weighted by molar-refractivity contribution is -0.139. The highest BCUT2D eigenvalue weighted by atomic mass is 16.3. The van der Waals surface area contributed by atoms with E-state index in [-0.39, 0.29) is 12.3 Å². The van der Waals surface area contributed by atoms with Crippen molar-refractivity contribution in [2.75, 3.05) is 33.2 Å².